The zero-order valence-corrected chi connectivity index (χ0v) is 11.1. The lowest BCUT2D eigenvalue weighted by atomic mass is 10.1. The fraction of sp³-hybridized carbons (Fsp3) is 0.133. The predicted molar refractivity (Wildman–Crippen MR) is 75.6 cm³/mol. The van der Waals surface area contributed by atoms with E-state index < -0.39 is 0 Å². The van der Waals surface area contributed by atoms with Gasteiger partial charge in [-0.1, -0.05) is 17.3 Å². The van der Waals surface area contributed by atoms with Gasteiger partial charge in [-0.3, -0.25) is 4.98 Å². The first-order valence-electron chi connectivity index (χ1n) is 6.32. The molecule has 20 heavy (non-hydrogen) atoms. The predicted octanol–water partition coefficient (Wildman–Crippen LogP) is 2.57. The zero-order chi connectivity index (χ0) is 13.9. The lowest BCUT2D eigenvalue weighted by Crippen LogP contribution is -1.95. The summed E-state index contributed by atoms with van der Waals surface area (Å²) in [5, 5.41) is 3.97. The third-order valence-electron chi connectivity index (χ3n) is 3.01. The summed E-state index contributed by atoms with van der Waals surface area (Å²) >= 11 is 0. The fourth-order valence-electron chi connectivity index (χ4n) is 1.89. The molecule has 0 saturated heterocycles. The number of aryl methyl sites for hydroxylation is 1. The molecule has 1 aromatic carbocycles. The molecular weight excluding hydrogens is 252 g/mol. The third-order valence-corrected chi connectivity index (χ3v) is 3.01. The van der Waals surface area contributed by atoms with E-state index in [-0.39, 0.29) is 0 Å². The maximum absolute atomic E-state index is 5.57. The summed E-state index contributed by atoms with van der Waals surface area (Å²) in [5.74, 6) is 0.971. The zero-order valence-electron chi connectivity index (χ0n) is 11.1. The molecule has 100 valence electrons. The highest BCUT2D eigenvalue weighted by atomic mass is 16.5. The molecule has 2 heterocycles. The van der Waals surface area contributed by atoms with Gasteiger partial charge in [0.1, 0.15) is 5.69 Å². The molecule has 0 spiro atoms. The molecule has 0 aliphatic heterocycles. The van der Waals surface area contributed by atoms with E-state index in [1.165, 1.54) is 0 Å². The Hall–Kier alpha value is -2.53. The fourth-order valence-corrected chi connectivity index (χ4v) is 1.89. The maximum atomic E-state index is 5.57. The van der Waals surface area contributed by atoms with Gasteiger partial charge < -0.3 is 10.3 Å². The van der Waals surface area contributed by atoms with Gasteiger partial charge in [-0.2, -0.15) is 4.98 Å². The minimum Gasteiger partial charge on any atom is -0.334 e. The van der Waals surface area contributed by atoms with Crippen LogP contribution in [0.5, 0.6) is 0 Å². The van der Waals surface area contributed by atoms with Crippen LogP contribution in [0, 0.1) is 6.92 Å². The molecule has 2 N–H and O–H groups in total. The van der Waals surface area contributed by atoms with Gasteiger partial charge >= 0.3 is 0 Å². The normalized spacial score (nSPS) is 10.7. The molecule has 0 amide bonds. The van der Waals surface area contributed by atoms with Crippen LogP contribution < -0.4 is 5.73 Å². The first-order valence-corrected chi connectivity index (χ1v) is 6.32. The highest BCUT2D eigenvalue weighted by Gasteiger charge is 2.11. The van der Waals surface area contributed by atoms with Crippen LogP contribution in [0.25, 0.3) is 23.0 Å². The van der Waals surface area contributed by atoms with Crippen LogP contribution in [0.2, 0.25) is 0 Å². The van der Waals surface area contributed by atoms with E-state index in [4.69, 9.17) is 10.3 Å². The van der Waals surface area contributed by atoms with Crippen molar-refractivity contribution in [1.82, 2.24) is 15.1 Å². The van der Waals surface area contributed by atoms with E-state index in [1.54, 1.807) is 6.20 Å². The van der Waals surface area contributed by atoms with Crippen molar-refractivity contribution in [3.63, 3.8) is 0 Å². The highest BCUT2D eigenvalue weighted by molar-refractivity contribution is 5.57. The van der Waals surface area contributed by atoms with Gasteiger partial charge in [-0.15, -0.1) is 0 Å². The maximum Gasteiger partial charge on any atom is 0.258 e. The molecule has 5 heteroatoms. The van der Waals surface area contributed by atoms with E-state index in [2.05, 4.69) is 15.1 Å². The van der Waals surface area contributed by atoms with Crippen LogP contribution in [-0.2, 0) is 6.54 Å². The van der Waals surface area contributed by atoms with Crippen molar-refractivity contribution in [3.05, 3.63) is 53.7 Å². The van der Waals surface area contributed by atoms with Crippen LogP contribution in [0.3, 0.4) is 0 Å². The smallest absolute Gasteiger partial charge is 0.258 e. The van der Waals surface area contributed by atoms with Crippen molar-refractivity contribution in [2.45, 2.75) is 13.5 Å². The van der Waals surface area contributed by atoms with E-state index >= 15 is 0 Å². The molecule has 0 atom stereocenters. The topological polar surface area (TPSA) is 77.8 Å². The molecule has 3 aromatic rings. The molecule has 2 aromatic heterocycles. The van der Waals surface area contributed by atoms with Crippen molar-refractivity contribution in [1.29, 1.82) is 0 Å². The number of rotatable bonds is 3. The molecule has 3 rings (SSSR count). The number of nitrogens with zero attached hydrogens (tertiary/aromatic N) is 3. The first kappa shape index (κ1) is 12.5. The van der Waals surface area contributed by atoms with E-state index in [9.17, 15) is 0 Å². The second-order valence-electron chi connectivity index (χ2n) is 4.54. The van der Waals surface area contributed by atoms with Crippen LogP contribution >= 0.6 is 0 Å². The van der Waals surface area contributed by atoms with E-state index in [0.29, 0.717) is 24.0 Å². The number of nitrogens with two attached hydrogens (primary N) is 1. The summed E-state index contributed by atoms with van der Waals surface area (Å²) in [6, 6.07) is 11.6. The minimum absolute atomic E-state index is 0.479. The number of benzene rings is 1. The molecule has 0 saturated carbocycles. The number of aromatic nitrogens is 3. The summed E-state index contributed by atoms with van der Waals surface area (Å²) in [4.78, 5) is 8.62. The average Bonchev–Trinajstić information content (AvgIpc) is 2.97. The highest BCUT2D eigenvalue weighted by Crippen LogP contribution is 2.21. The summed E-state index contributed by atoms with van der Waals surface area (Å²) < 4.78 is 5.29. The van der Waals surface area contributed by atoms with Crippen LogP contribution in [-0.4, -0.2) is 15.1 Å². The Morgan fingerprint density at radius 3 is 2.65 bits per heavy atom. The Morgan fingerprint density at radius 2 is 1.95 bits per heavy atom. The SMILES string of the molecule is Cc1ccnc(-c2noc(-c3ccc(CN)cc3)n2)c1. The summed E-state index contributed by atoms with van der Waals surface area (Å²) in [7, 11) is 0. The monoisotopic (exact) mass is 266 g/mol. The van der Waals surface area contributed by atoms with Gasteiger partial charge in [0.25, 0.3) is 5.89 Å². The molecule has 0 fully saturated rings. The van der Waals surface area contributed by atoms with Gasteiger partial charge in [0.15, 0.2) is 0 Å². The van der Waals surface area contributed by atoms with Crippen LogP contribution in [0.4, 0.5) is 0 Å². The summed E-state index contributed by atoms with van der Waals surface area (Å²) in [6.07, 6.45) is 1.73. The van der Waals surface area contributed by atoms with Crippen molar-refractivity contribution < 1.29 is 4.52 Å². The van der Waals surface area contributed by atoms with Gasteiger partial charge in [0, 0.05) is 18.3 Å². The van der Waals surface area contributed by atoms with Gasteiger partial charge in [0.05, 0.1) is 0 Å². The van der Waals surface area contributed by atoms with E-state index in [1.807, 2.05) is 43.3 Å². The number of pyridine rings is 1. The molecule has 0 bridgehead atoms. The lowest BCUT2D eigenvalue weighted by molar-refractivity contribution is 0.432. The standard InChI is InChI=1S/C15H14N4O/c1-10-6-7-17-13(8-10)14-18-15(20-19-14)12-4-2-11(9-16)3-5-12/h2-8H,9,16H2,1H3. The lowest BCUT2D eigenvalue weighted by Gasteiger charge is -1.97. The molecule has 5 nitrogen and oxygen atoms in total. The largest absolute Gasteiger partial charge is 0.334 e. The number of hydrogen-bond acceptors (Lipinski definition) is 5. The second kappa shape index (κ2) is 5.22. The van der Waals surface area contributed by atoms with Gasteiger partial charge in [0.2, 0.25) is 5.82 Å². The van der Waals surface area contributed by atoms with Gasteiger partial charge in [-0.25, -0.2) is 0 Å². The van der Waals surface area contributed by atoms with E-state index in [0.717, 1.165) is 16.7 Å². The van der Waals surface area contributed by atoms with Crippen molar-refractivity contribution in [3.8, 4) is 23.0 Å². The van der Waals surface area contributed by atoms with Crippen LogP contribution in [0.15, 0.2) is 47.1 Å². The second-order valence-corrected chi connectivity index (χ2v) is 4.54. The Bertz CT molecular complexity index is 719. The molecule has 0 aliphatic rings. The molecule has 0 unspecified atom stereocenters. The Labute approximate surface area is 116 Å². The van der Waals surface area contributed by atoms with Crippen molar-refractivity contribution in [2.24, 2.45) is 5.73 Å². The van der Waals surface area contributed by atoms with Crippen LogP contribution in [0.1, 0.15) is 11.1 Å². The number of hydrogen-bond donors (Lipinski definition) is 1. The summed E-state index contributed by atoms with van der Waals surface area (Å²) in [5.41, 5.74) is 9.32. The summed E-state index contributed by atoms with van der Waals surface area (Å²) in [6.45, 7) is 2.51. The Balaban J connectivity index is 1.93. The average molecular weight is 266 g/mol. The van der Waals surface area contributed by atoms with Crippen molar-refractivity contribution >= 4 is 0 Å². The van der Waals surface area contributed by atoms with Crippen molar-refractivity contribution in [2.75, 3.05) is 0 Å². The quantitative estimate of drug-likeness (QED) is 0.788. The Morgan fingerprint density at radius 1 is 1.15 bits per heavy atom. The Kier molecular flexibility index (Phi) is 3.26. The van der Waals surface area contributed by atoms with Gasteiger partial charge in [-0.05, 0) is 42.3 Å². The third kappa shape index (κ3) is 2.44. The minimum atomic E-state index is 0.479. The first-order chi connectivity index (χ1) is 9.76. The molecule has 0 aliphatic carbocycles. The molecule has 0 radical (unpaired) electrons. The molecular formula is C15H14N4O.